The van der Waals surface area contributed by atoms with Gasteiger partial charge in [-0.25, -0.2) is 0 Å². The van der Waals surface area contributed by atoms with Gasteiger partial charge in [0.05, 0.1) is 4.92 Å². The molecule has 0 saturated heterocycles. The summed E-state index contributed by atoms with van der Waals surface area (Å²) >= 11 is 0. The number of carbonyl (C=O) groups is 2. The number of benzene rings is 2. The number of nitro groups is 1. The fourth-order valence-corrected chi connectivity index (χ4v) is 2.38. The summed E-state index contributed by atoms with van der Waals surface area (Å²) in [6, 6.07) is 9.46. The molecule has 2 aromatic carbocycles. The van der Waals surface area contributed by atoms with Crippen molar-refractivity contribution >= 4 is 28.9 Å². The summed E-state index contributed by atoms with van der Waals surface area (Å²) in [7, 11) is 0. The van der Waals surface area contributed by atoms with Crippen LogP contribution in [0.3, 0.4) is 0 Å². The highest BCUT2D eigenvalue weighted by atomic mass is 16.6. The van der Waals surface area contributed by atoms with Gasteiger partial charge in [-0.05, 0) is 36.8 Å². The number of hydrogen-bond acceptors (Lipinski definition) is 5. The van der Waals surface area contributed by atoms with Gasteiger partial charge in [0.15, 0.2) is 0 Å². The zero-order valence-electron chi connectivity index (χ0n) is 13.8. The van der Waals surface area contributed by atoms with Gasteiger partial charge in [-0.3, -0.25) is 19.7 Å². The van der Waals surface area contributed by atoms with Crippen molar-refractivity contribution in [3.63, 3.8) is 0 Å². The number of nitrogens with one attached hydrogen (secondary N) is 2. The zero-order chi connectivity index (χ0) is 18.6. The highest BCUT2D eigenvalue weighted by molar-refractivity contribution is 5.93. The Kier molecular flexibility index (Phi) is 5.33. The topological polar surface area (TPSA) is 127 Å². The van der Waals surface area contributed by atoms with Crippen LogP contribution in [0.2, 0.25) is 0 Å². The van der Waals surface area contributed by atoms with E-state index in [-0.39, 0.29) is 23.7 Å². The van der Waals surface area contributed by atoms with E-state index in [1.54, 1.807) is 12.1 Å². The molecule has 0 aliphatic carbocycles. The van der Waals surface area contributed by atoms with Crippen LogP contribution in [-0.2, 0) is 11.3 Å². The molecule has 8 heteroatoms. The summed E-state index contributed by atoms with van der Waals surface area (Å²) in [6.45, 7) is 3.43. The van der Waals surface area contributed by atoms with Crippen molar-refractivity contribution in [2.75, 3.05) is 10.6 Å². The van der Waals surface area contributed by atoms with Crippen molar-refractivity contribution in [1.82, 2.24) is 0 Å². The Labute approximate surface area is 144 Å². The van der Waals surface area contributed by atoms with Gasteiger partial charge in [-0.2, -0.15) is 0 Å². The van der Waals surface area contributed by atoms with Crippen molar-refractivity contribution in [1.29, 1.82) is 0 Å². The maximum atomic E-state index is 11.2. The molecule has 0 radical (unpaired) electrons. The monoisotopic (exact) mass is 342 g/mol. The molecule has 0 atom stereocenters. The smallest absolute Gasteiger partial charge is 0.275 e. The normalized spacial score (nSPS) is 10.2. The van der Waals surface area contributed by atoms with Crippen LogP contribution in [0, 0.1) is 17.0 Å². The quantitative estimate of drug-likeness (QED) is 0.549. The molecule has 130 valence electrons. The minimum absolute atomic E-state index is 0.0827. The van der Waals surface area contributed by atoms with E-state index in [0.29, 0.717) is 11.3 Å². The number of hydrogen-bond donors (Lipinski definition) is 3. The van der Waals surface area contributed by atoms with Crippen LogP contribution in [0.25, 0.3) is 0 Å². The summed E-state index contributed by atoms with van der Waals surface area (Å²) in [5, 5.41) is 17.1. The number of primary amides is 1. The molecule has 2 amide bonds. The second-order valence-electron chi connectivity index (χ2n) is 5.48. The summed E-state index contributed by atoms with van der Waals surface area (Å²) in [5.41, 5.74) is 7.69. The molecule has 2 rings (SSSR count). The zero-order valence-corrected chi connectivity index (χ0v) is 13.8. The summed E-state index contributed by atoms with van der Waals surface area (Å²) in [4.78, 5) is 33.1. The Bertz CT molecular complexity index is 849. The number of amides is 2. The maximum absolute atomic E-state index is 11.2. The van der Waals surface area contributed by atoms with Crippen LogP contribution in [0.5, 0.6) is 0 Å². The molecule has 0 aromatic heterocycles. The summed E-state index contributed by atoms with van der Waals surface area (Å²) in [5.74, 6) is -0.903. The number of nitro benzene ring substituents is 1. The van der Waals surface area contributed by atoms with E-state index in [0.717, 1.165) is 11.3 Å². The Morgan fingerprint density at radius 2 is 1.88 bits per heavy atom. The van der Waals surface area contributed by atoms with Crippen LogP contribution in [0.4, 0.5) is 17.1 Å². The molecule has 0 fully saturated rings. The van der Waals surface area contributed by atoms with Gasteiger partial charge in [-0.1, -0.05) is 6.07 Å². The van der Waals surface area contributed by atoms with E-state index in [4.69, 9.17) is 5.73 Å². The fourth-order valence-electron chi connectivity index (χ4n) is 2.38. The lowest BCUT2D eigenvalue weighted by molar-refractivity contribution is -0.385. The van der Waals surface area contributed by atoms with Crippen molar-refractivity contribution < 1.29 is 14.5 Å². The predicted molar refractivity (Wildman–Crippen MR) is 94.4 cm³/mol. The van der Waals surface area contributed by atoms with Crippen molar-refractivity contribution in [3.05, 3.63) is 63.2 Å². The Morgan fingerprint density at radius 1 is 1.20 bits per heavy atom. The lowest BCUT2D eigenvalue weighted by atomic mass is 10.1. The average molecular weight is 342 g/mol. The molecule has 0 heterocycles. The number of anilines is 2. The van der Waals surface area contributed by atoms with Crippen LogP contribution < -0.4 is 16.4 Å². The molecule has 0 unspecified atom stereocenters. The van der Waals surface area contributed by atoms with Crippen LogP contribution in [0.1, 0.15) is 28.4 Å². The van der Waals surface area contributed by atoms with Gasteiger partial charge in [0.25, 0.3) is 5.69 Å². The molecular weight excluding hydrogens is 324 g/mol. The van der Waals surface area contributed by atoms with Gasteiger partial charge >= 0.3 is 0 Å². The summed E-state index contributed by atoms with van der Waals surface area (Å²) in [6.07, 6.45) is 0. The molecule has 0 spiro atoms. The first kappa shape index (κ1) is 17.9. The highest BCUT2D eigenvalue weighted by Gasteiger charge is 2.16. The van der Waals surface area contributed by atoms with Crippen molar-refractivity contribution in [2.24, 2.45) is 5.73 Å². The first-order chi connectivity index (χ1) is 11.8. The molecule has 4 N–H and O–H groups in total. The van der Waals surface area contributed by atoms with E-state index in [1.807, 2.05) is 13.0 Å². The highest BCUT2D eigenvalue weighted by Crippen LogP contribution is 2.26. The lowest BCUT2D eigenvalue weighted by Crippen LogP contribution is -2.12. The molecule has 25 heavy (non-hydrogen) atoms. The SMILES string of the molecule is CC(=O)Nc1cccc(NCc2ccc(C(N)=O)cc2[N+](=O)[O-])c1C. The average Bonchev–Trinajstić information content (AvgIpc) is 2.55. The molecule has 2 aromatic rings. The van der Waals surface area contributed by atoms with E-state index >= 15 is 0 Å². The van der Waals surface area contributed by atoms with Gasteiger partial charge in [0, 0.05) is 42.0 Å². The summed E-state index contributed by atoms with van der Waals surface area (Å²) < 4.78 is 0. The molecule has 0 saturated carbocycles. The molecule has 8 nitrogen and oxygen atoms in total. The minimum atomic E-state index is -0.721. The van der Waals surface area contributed by atoms with E-state index in [2.05, 4.69) is 10.6 Å². The Morgan fingerprint density at radius 3 is 2.48 bits per heavy atom. The fraction of sp³-hybridized carbons (Fsp3) is 0.176. The first-order valence-corrected chi connectivity index (χ1v) is 7.47. The molecule has 0 aliphatic rings. The van der Waals surface area contributed by atoms with E-state index in [1.165, 1.54) is 25.1 Å². The van der Waals surface area contributed by atoms with Gasteiger partial charge in [0.2, 0.25) is 11.8 Å². The van der Waals surface area contributed by atoms with Crippen LogP contribution in [0.15, 0.2) is 36.4 Å². The van der Waals surface area contributed by atoms with Crippen molar-refractivity contribution in [2.45, 2.75) is 20.4 Å². The number of nitrogens with zero attached hydrogens (tertiary/aromatic N) is 1. The third kappa shape index (κ3) is 4.31. The number of nitrogens with two attached hydrogens (primary N) is 1. The van der Waals surface area contributed by atoms with E-state index < -0.39 is 10.8 Å². The second-order valence-corrected chi connectivity index (χ2v) is 5.48. The maximum Gasteiger partial charge on any atom is 0.275 e. The first-order valence-electron chi connectivity index (χ1n) is 7.47. The third-order valence-electron chi connectivity index (χ3n) is 3.68. The van der Waals surface area contributed by atoms with Gasteiger partial charge < -0.3 is 16.4 Å². The Hall–Kier alpha value is -3.42. The molecule has 0 bridgehead atoms. The number of carbonyl (C=O) groups excluding carboxylic acids is 2. The Balaban J connectivity index is 2.26. The van der Waals surface area contributed by atoms with Gasteiger partial charge in [0.1, 0.15) is 0 Å². The van der Waals surface area contributed by atoms with Gasteiger partial charge in [-0.15, -0.1) is 0 Å². The standard InChI is InChI=1S/C17H18N4O4/c1-10-14(4-3-5-15(10)20-11(2)22)19-9-13-7-6-12(17(18)23)8-16(13)21(24)25/h3-8,19H,9H2,1-2H3,(H2,18,23)(H,20,22). The van der Waals surface area contributed by atoms with Crippen LogP contribution in [-0.4, -0.2) is 16.7 Å². The minimum Gasteiger partial charge on any atom is -0.380 e. The number of rotatable bonds is 6. The third-order valence-corrected chi connectivity index (χ3v) is 3.68. The van der Waals surface area contributed by atoms with Crippen molar-refractivity contribution in [3.8, 4) is 0 Å². The van der Waals surface area contributed by atoms with E-state index in [9.17, 15) is 19.7 Å². The predicted octanol–water partition coefficient (Wildman–Crippen LogP) is 2.57. The molecular formula is C17H18N4O4. The largest absolute Gasteiger partial charge is 0.380 e. The lowest BCUT2D eigenvalue weighted by Gasteiger charge is -2.14. The molecule has 0 aliphatic heterocycles. The second kappa shape index (κ2) is 7.43. The van der Waals surface area contributed by atoms with Crippen LogP contribution >= 0.6 is 0 Å².